The molecule has 0 aliphatic rings. The molecule has 0 aliphatic heterocycles. The summed E-state index contributed by atoms with van der Waals surface area (Å²) in [6, 6.07) is -7.16. The molecule has 0 atom stereocenters. The van der Waals surface area contributed by atoms with Crippen LogP contribution < -0.4 is 0 Å². The minimum absolute atomic E-state index is 0.213. The summed E-state index contributed by atoms with van der Waals surface area (Å²) in [5, 5.41) is -0.0704. The molecule has 0 saturated carbocycles. The van der Waals surface area contributed by atoms with Crippen molar-refractivity contribution in [2.45, 2.75) is 0 Å². The Morgan fingerprint density at radius 3 is 1.49 bits per heavy atom. The maximum Gasteiger partial charge on any atom is 0.240 e. The van der Waals surface area contributed by atoms with Gasteiger partial charge in [-0.05, 0) is 58.6 Å². The summed E-state index contributed by atoms with van der Waals surface area (Å²) >= 11 is 1.40. The Morgan fingerprint density at radius 2 is 0.895 bits per heavy atom. The Bertz CT molecular complexity index is 4650. The molecule has 5 nitrogen and oxygen atoms in total. The van der Waals surface area contributed by atoms with Crippen molar-refractivity contribution in [2.75, 3.05) is 0 Å². The lowest BCUT2D eigenvalue weighted by Gasteiger charge is -2.13. The average Bonchev–Trinajstić information content (AvgIpc) is 3.69. The van der Waals surface area contributed by atoms with Crippen LogP contribution in [0, 0.1) is 0 Å². The van der Waals surface area contributed by atoms with E-state index in [-0.39, 0.29) is 11.4 Å². The number of fused-ring (bicyclic) bond motifs is 9. The van der Waals surface area contributed by atoms with Crippen molar-refractivity contribution in [2.24, 2.45) is 0 Å². The molecule has 12 rings (SSSR count). The van der Waals surface area contributed by atoms with Crippen LogP contribution in [0.5, 0.6) is 0 Å². The fraction of sp³-hybridized carbons (Fsp3) is 0. The van der Waals surface area contributed by atoms with Gasteiger partial charge in [-0.3, -0.25) is 9.13 Å². The van der Waals surface area contributed by atoms with Crippen molar-refractivity contribution in [3.63, 3.8) is 0 Å². The number of hydrogen-bond acceptors (Lipinski definition) is 4. The monoisotopic (exact) mass is 769 g/mol. The number of thiophene rings is 1. The van der Waals surface area contributed by atoms with E-state index >= 15 is 0 Å². The summed E-state index contributed by atoms with van der Waals surface area (Å²) in [6.45, 7) is 0. The highest BCUT2D eigenvalue weighted by atomic mass is 32.1. The molecular formula is C51H31N5S. The van der Waals surface area contributed by atoms with Gasteiger partial charge < -0.3 is 0 Å². The highest BCUT2D eigenvalue weighted by molar-refractivity contribution is 7.25. The minimum atomic E-state index is -0.858. The first-order valence-corrected chi connectivity index (χ1v) is 18.0. The number of para-hydroxylation sites is 2. The average molecular weight is 770 g/mol. The third-order valence-electron chi connectivity index (χ3n) is 9.46. The summed E-state index contributed by atoms with van der Waals surface area (Å²) in [5.74, 6) is -1.61. The second kappa shape index (κ2) is 12.6. The topological polar surface area (TPSA) is 48.5 Å². The van der Waals surface area contributed by atoms with Gasteiger partial charge in [0.15, 0.2) is 5.82 Å². The molecule has 6 heteroatoms. The Balaban J connectivity index is 1.32. The lowest BCUT2D eigenvalue weighted by atomic mass is 10.0. The summed E-state index contributed by atoms with van der Waals surface area (Å²) in [6.07, 6.45) is 0. The molecule has 57 heavy (non-hydrogen) atoms. The van der Waals surface area contributed by atoms with Gasteiger partial charge in [-0.1, -0.05) is 151 Å². The minimum Gasteiger partial charge on any atom is -0.278 e. The Kier molecular flexibility index (Phi) is 3.61. The molecule has 0 spiro atoms. The zero-order valence-electron chi connectivity index (χ0n) is 52.7. The van der Waals surface area contributed by atoms with Crippen molar-refractivity contribution in [1.29, 1.82) is 0 Å². The standard InChI is InChI=1S/C51H31N5S/c1-3-13-32(14-4-1)34-23-26-39-37-17-7-10-20-43(37)55(45(39)29-34)50-52-49(36-25-28-42-41-19-9-12-22-47(41)57-48(42)31-36)53-51(54-50)56-44-21-11-8-18-38(44)40-27-24-35(30-46(40)56)33-15-5-2-6-16-33/h1-31H/i1D,2D,3D,4D,5D,6D,7D,8D,10D,11D,13D,14D,15D,16D,17D,18D,20D,21D,23D,24D,26D,27D,29D,30D. The van der Waals surface area contributed by atoms with E-state index < -0.39 is 223 Å². The lowest BCUT2D eigenvalue weighted by Crippen LogP contribution is -2.10. The largest absolute Gasteiger partial charge is 0.278 e. The molecule has 266 valence electrons. The van der Waals surface area contributed by atoms with Gasteiger partial charge in [0.25, 0.3) is 0 Å². The van der Waals surface area contributed by atoms with E-state index in [1.165, 1.54) is 11.3 Å². The van der Waals surface area contributed by atoms with E-state index in [0.29, 0.717) is 4.70 Å². The number of nitrogens with zero attached hydrogens (tertiary/aromatic N) is 5. The van der Waals surface area contributed by atoms with Gasteiger partial charge >= 0.3 is 0 Å². The van der Waals surface area contributed by atoms with Crippen molar-refractivity contribution >= 4 is 75.1 Å². The van der Waals surface area contributed by atoms with E-state index in [1.54, 1.807) is 18.2 Å². The van der Waals surface area contributed by atoms with Crippen LogP contribution >= 0.6 is 11.3 Å². The molecule has 0 amide bonds. The van der Waals surface area contributed by atoms with Gasteiger partial charge in [0.1, 0.15) is 0 Å². The predicted molar refractivity (Wildman–Crippen MR) is 238 cm³/mol. The van der Waals surface area contributed by atoms with Gasteiger partial charge in [0, 0.05) is 47.3 Å². The smallest absolute Gasteiger partial charge is 0.240 e. The summed E-state index contributed by atoms with van der Waals surface area (Å²) in [7, 11) is 0. The fourth-order valence-corrected chi connectivity index (χ4v) is 8.12. The number of aromatic nitrogens is 5. The van der Waals surface area contributed by atoms with Crippen molar-refractivity contribution in [3.05, 3.63) is 187 Å². The number of hydrogen-bond donors (Lipinski definition) is 0. The molecule has 0 fully saturated rings. The Labute approximate surface area is 365 Å². The molecule has 0 saturated heterocycles. The Hall–Kier alpha value is -7.41. The molecule has 4 aromatic heterocycles. The van der Waals surface area contributed by atoms with Crippen LogP contribution in [0.15, 0.2) is 187 Å². The molecule has 0 aliphatic carbocycles. The van der Waals surface area contributed by atoms with E-state index in [0.717, 1.165) is 24.6 Å². The molecule has 0 bridgehead atoms. The zero-order valence-corrected chi connectivity index (χ0v) is 29.5. The fourth-order valence-electron chi connectivity index (χ4n) is 6.97. The molecule has 0 radical (unpaired) electrons. The van der Waals surface area contributed by atoms with Gasteiger partial charge in [-0.2, -0.15) is 15.0 Å². The Morgan fingerprint density at radius 1 is 0.386 bits per heavy atom. The predicted octanol–water partition coefficient (Wildman–Crippen LogP) is 13.4. The van der Waals surface area contributed by atoms with Crippen LogP contribution in [0.25, 0.3) is 109 Å². The molecule has 4 heterocycles. The molecule has 0 unspecified atom stereocenters. The quantitative estimate of drug-likeness (QED) is 0.175. The van der Waals surface area contributed by atoms with E-state index in [9.17, 15) is 13.7 Å². The van der Waals surface area contributed by atoms with E-state index in [4.69, 9.17) is 34.1 Å². The van der Waals surface area contributed by atoms with Crippen LogP contribution in [-0.4, -0.2) is 24.1 Å². The van der Waals surface area contributed by atoms with Crippen LogP contribution in [0.3, 0.4) is 0 Å². The van der Waals surface area contributed by atoms with Gasteiger partial charge in [0.05, 0.1) is 55.0 Å². The molecule has 8 aromatic carbocycles. The van der Waals surface area contributed by atoms with E-state index in [1.807, 2.05) is 24.3 Å². The summed E-state index contributed by atoms with van der Waals surface area (Å²) in [5.41, 5.74) is -4.57. The molecule has 0 N–H and O–H groups in total. The number of benzene rings is 8. The van der Waals surface area contributed by atoms with E-state index in [2.05, 4.69) is 0 Å². The lowest BCUT2D eigenvalue weighted by molar-refractivity contribution is 0.893. The van der Waals surface area contributed by atoms with Crippen LogP contribution in [0.4, 0.5) is 0 Å². The van der Waals surface area contributed by atoms with Crippen molar-refractivity contribution < 1.29 is 32.9 Å². The van der Waals surface area contributed by atoms with Crippen LogP contribution in [0.1, 0.15) is 32.9 Å². The van der Waals surface area contributed by atoms with Crippen LogP contribution in [-0.2, 0) is 0 Å². The zero-order chi connectivity index (χ0) is 58.3. The first kappa shape index (κ1) is 16.4. The van der Waals surface area contributed by atoms with Crippen LogP contribution in [0.2, 0.25) is 0 Å². The molecular weight excluding hydrogens is 715 g/mol. The highest BCUT2D eigenvalue weighted by Crippen LogP contribution is 2.39. The maximum absolute atomic E-state index is 9.93. The first-order valence-electron chi connectivity index (χ1n) is 29.2. The second-order valence-corrected chi connectivity index (χ2v) is 13.7. The highest BCUT2D eigenvalue weighted by Gasteiger charge is 2.22. The van der Waals surface area contributed by atoms with Gasteiger partial charge in [0.2, 0.25) is 11.9 Å². The SMILES string of the molecule is [2H]c1c([2H])c([2H])c(-c2c([2H])c([2H])c3c4c([2H])c([2H])c([2H])c([2H])c4n(-c4nc(-c5ccc6c(c5)sc5ccccc56)nc(-n5c6c([2H])c([2H])c([2H])c([2H])c6c6c([2H])c([2H])c(-c7c([2H])c([2H])c([2H])c([2H])c7[2H])c([2H])c65)n4)c3c2[2H])c([2H])c1[2H]. The number of rotatable bonds is 5. The third-order valence-corrected chi connectivity index (χ3v) is 10.6. The van der Waals surface area contributed by atoms with Crippen molar-refractivity contribution in [3.8, 4) is 45.5 Å². The van der Waals surface area contributed by atoms with Crippen molar-refractivity contribution in [1.82, 2.24) is 24.1 Å². The molecule has 12 aromatic rings. The summed E-state index contributed by atoms with van der Waals surface area (Å²) in [4.78, 5) is 14.6. The first-order chi connectivity index (χ1) is 38.2. The maximum atomic E-state index is 9.93. The van der Waals surface area contributed by atoms with Gasteiger partial charge in [-0.15, -0.1) is 11.3 Å². The second-order valence-electron chi connectivity index (χ2n) is 12.6. The summed E-state index contributed by atoms with van der Waals surface area (Å²) < 4.78 is 220. The normalized spacial score (nSPS) is 17.8. The van der Waals surface area contributed by atoms with Gasteiger partial charge in [-0.25, -0.2) is 0 Å². The third kappa shape index (κ3) is 5.04.